The van der Waals surface area contributed by atoms with Crippen molar-refractivity contribution in [2.75, 3.05) is 6.73 Å². The summed E-state index contributed by atoms with van der Waals surface area (Å²) in [4.78, 5) is 25.0. The Labute approximate surface area is 131 Å². The Bertz CT molecular complexity index is 565. The number of amides is 2. The molecule has 2 aliphatic heterocycles. The van der Waals surface area contributed by atoms with Gasteiger partial charge in [-0.3, -0.25) is 19.8 Å². The van der Waals surface area contributed by atoms with Crippen LogP contribution in [-0.4, -0.2) is 34.6 Å². The number of carbonyl (C=O) groups is 2. The molecule has 0 saturated carbocycles. The van der Waals surface area contributed by atoms with E-state index in [1.54, 1.807) is 12.1 Å². The van der Waals surface area contributed by atoms with E-state index in [-0.39, 0.29) is 25.0 Å². The van der Waals surface area contributed by atoms with Crippen LogP contribution >= 0.6 is 0 Å². The van der Waals surface area contributed by atoms with E-state index < -0.39 is 0 Å². The fourth-order valence-corrected chi connectivity index (χ4v) is 2.67. The predicted octanol–water partition coefficient (Wildman–Crippen LogP) is 1.76. The van der Waals surface area contributed by atoms with Crippen molar-refractivity contribution in [1.29, 1.82) is 0 Å². The molecule has 1 aromatic carbocycles. The molecular weight excluding hydrogens is 284 g/mol. The third-order valence-corrected chi connectivity index (χ3v) is 3.73. The Hall–Kier alpha value is -1.92. The van der Waals surface area contributed by atoms with Crippen LogP contribution in [0.15, 0.2) is 18.2 Å². The molecule has 2 N–H and O–H groups in total. The summed E-state index contributed by atoms with van der Waals surface area (Å²) in [5, 5.41) is 11.9. The zero-order valence-corrected chi connectivity index (χ0v) is 13.0. The maximum Gasteiger partial charge on any atom is 0.243 e. The summed E-state index contributed by atoms with van der Waals surface area (Å²) in [5.41, 5.74) is 1.96. The first-order valence-electron chi connectivity index (χ1n) is 7.60. The Balaban J connectivity index is 0.000000849. The van der Waals surface area contributed by atoms with Gasteiger partial charge < -0.3 is 9.84 Å². The molecule has 0 aromatic heterocycles. The van der Waals surface area contributed by atoms with Gasteiger partial charge in [0.1, 0.15) is 12.5 Å². The van der Waals surface area contributed by atoms with Crippen LogP contribution in [-0.2, 0) is 27.5 Å². The second-order valence-electron chi connectivity index (χ2n) is 5.14. The van der Waals surface area contributed by atoms with Crippen molar-refractivity contribution in [2.45, 2.75) is 45.9 Å². The first-order chi connectivity index (χ1) is 10.6. The highest BCUT2D eigenvalue weighted by Crippen LogP contribution is 2.24. The number of piperidine rings is 1. The molecule has 0 aliphatic carbocycles. The predicted molar refractivity (Wildman–Crippen MR) is 82.9 cm³/mol. The van der Waals surface area contributed by atoms with Gasteiger partial charge in [-0.15, -0.1) is 0 Å². The van der Waals surface area contributed by atoms with E-state index in [9.17, 15) is 14.7 Å². The Morgan fingerprint density at radius 1 is 1.32 bits per heavy atom. The smallest absolute Gasteiger partial charge is 0.243 e. The van der Waals surface area contributed by atoms with Gasteiger partial charge in [0.2, 0.25) is 11.8 Å². The van der Waals surface area contributed by atoms with Gasteiger partial charge in [0.15, 0.2) is 0 Å². The number of rotatable bonds is 1. The summed E-state index contributed by atoms with van der Waals surface area (Å²) in [7, 11) is 0. The van der Waals surface area contributed by atoms with Crippen LogP contribution in [0, 0.1) is 0 Å². The second kappa shape index (κ2) is 7.38. The lowest BCUT2D eigenvalue weighted by atomic mass is 10.0. The fraction of sp³-hybridized carbons (Fsp3) is 0.500. The van der Waals surface area contributed by atoms with Crippen LogP contribution in [0.1, 0.15) is 39.2 Å². The van der Waals surface area contributed by atoms with E-state index in [2.05, 4.69) is 5.32 Å². The van der Waals surface area contributed by atoms with Gasteiger partial charge in [-0.25, -0.2) is 0 Å². The highest BCUT2D eigenvalue weighted by Gasteiger charge is 2.32. The summed E-state index contributed by atoms with van der Waals surface area (Å²) in [5.74, 6) is -0.289. The number of fused-ring (bicyclic) bond motifs is 1. The molecule has 0 radical (unpaired) electrons. The fourth-order valence-electron chi connectivity index (χ4n) is 2.67. The first kappa shape index (κ1) is 16.5. The number of nitrogens with one attached hydrogen (secondary N) is 1. The minimum absolute atomic E-state index is 0. The van der Waals surface area contributed by atoms with Crippen molar-refractivity contribution in [1.82, 2.24) is 10.2 Å². The SMILES string of the molecule is CC.O=C1CCC(N2COCc3ccc(O)cc3C2)C(=O)N1.[HH]. The monoisotopic (exact) mass is 308 g/mol. The van der Waals surface area contributed by atoms with Gasteiger partial charge in [-0.2, -0.15) is 0 Å². The third kappa shape index (κ3) is 3.64. The molecule has 2 aliphatic rings. The molecule has 1 fully saturated rings. The Morgan fingerprint density at radius 2 is 2.09 bits per heavy atom. The molecular formula is C16H24N2O4. The van der Waals surface area contributed by atoms with Gasteiger partial charge in [-0.05, 0) is 29.7 Å². The zero-order valence-electron chi connectivity index (χ0n) is 13.0. The number of ether oxygens (including phenoxy) is 1. The Kier molecular flexibility index (Phi) is 5.51. The van der Waals surface area contributed by atoms with Crippen LogP contribution in [0.3, 0.4) is 0 Å². The van der Waals surface area contributed by atoms with Gasteiger partial charge in [0, 0.05) is 14.4 Å². The maximum atomic E-state index is 11.9. The molecule has 3 rings (SSSR count). The number of phenolic OH excluding ortho intramolecular Hbond substituents is 1. The normalized spacial score (nSPS) is 22.0. The molecule has 2 heterocycles. The van der Waals surface area contributed by atoms with E-state index in [4.69, 9.17) is 4.74 Å². The number of imide groups is 1. The van der Waals surface area contributed by atoms with Gasteiger partial charge >= 0.3 is 0 Å². The zero-order chi connectivity index (χ0) is 16.1. The molecule has 22 heavy (non-hydrogen) atoms. The van der Waals surface area contributed by atoms with Crippen LogP contribution in [0.4, 0.5) is 0 Å². The molecule has 122 valence electrons. The molecule has 1 atom stereocenters. The quantitative estimate of drug-likeness (QED) is 0.773. The van der Waals surface area contributed by atoms with Crippen molar-refractivity contribution in [3.63, 3.8) is 0 Å². The van der Waals surface area contributed by atoms with E-state index in [0.717, 1.165) is 11.1 Å². The number of phenols is 1. The van der Waals surface area contributed by atoms with Crippen LogP contribution < -0.4 is 5.32 Å². The third-order valence-electron chi connectivity index (χ3n) is 3.73. The summed E-state index contributed by atoms with van der Waals surface area (Å²) in [6.07, 6.45) is 0.849. The van der Waals surface area contributed by atoms with Gasteiger partial charge in [0.25, 0.3) is 0 Å². The summed E-state index contributed by atoms with van der Waals surface area (Å²) >= 11 is 0. The minimum atomic E-state index is -0.360. The number of carbonyl (C=O) groups excluding carboxylic acids is 2. The van der Waals surface area contributed by atoms with Crippen molar-refractivity contribution in [3.05, 3.63) is 29.3 Å². The Morgan fingerprint density at radius 3 is 2.82 bits per heavy atom. The molecule has 1 aromatic rings. The first-order valence-corrected chi connectivity index (χ1v) is 7.60. The molecule has 1 saturated heterocycles. The highest BCUT2D eigenvalue weighted by atomic mass is 16.5. The van der Waals surface area contributed by atoms with Crippen molar-refractivity contribution in [3.8, 4) is 5.75 Å². The second-order valence-corrected chi connectivity index (χ2v) is 5.14. The largest absolute Gasteiger partial charge is 0.508 e. The van der Waals surface area contributed by atoms with E-state index in [0.29, 0.717) is 32.7 Å². The van der Waals surface area contributed by atoms with E-state index in [1.165, 1.54) is 0 Å². The molecule has 0 bridgehead atoms. The lowest BCUT2D eigenvalue weighted by Crippen LogP contribution is -2.52. The average Bonchev–Trinajstić information content (AvgIpc) is 2.71. The molecule has 6 heteroatoms. The summed E-state index contributed by atoms with van der Waals surface area (Å²) in [6.45, 7) is 5.32. The van der Waals surface area contributed by atoms with Crippen molar-refractivity contribution < 1.29 is 20.9 Å². The lowest BCUT2D eigenvalue weighted by Gasteiger charge is -2.31. The summed E-state index contributed by atoms with van der Waals surface area (Å²) < 4.78 is 5.58. The topological polar surface area (TPSA) is 78.9 Å². The molecule has 2 amide bonds. The average molecular weight is 308 g/mol. The lowest BCUT2D eigenvalue weighted by molar-refractivity contribution is -0.140. The van der Waals surface area contributed by atoms with Gasteiger partial charge in [-0.1, -0.05) is 19.9 Å². The van der Waals surface area contributed by atoms with Crippen LogP contribution in [0.2, 0.25) is 0 Å². The molecule has 0 spiro atoms. The summed E-state index contributed by atoms with van der Waals surface area (Å²) in [6, 6.07) is 4.80. The minimum Gasteiger partial charge on any atom is -0.508 e. The number of hydrogen-bond donors (Lipinski definition) is 2. The highest BCUT2D eigenvalue weighted by molar-refractivity contribution is 6.00. The van der Waals surface area contributed by atoms with Crippen LogP contribution in [0.25, 0.3) is 0 Å². The number of nitrogens with zero attached hydrogens (tertiary/aromatic N) is 1. The molecule has 6 nitrogen and oxygen atoms in total. The maximum absolute atomic E-state index is 11.9. The van der Waals surface area contributed by atoms with Gasteiger partial charge in [0.05, 0.1) is 12.6 Å². The van der Waals surface area contributed by atoms with Crippen molar-refractivity contribution >= 4 is 11.8 Å². The molecule has 1 unspecified atom stereocenters. The standard InChI is InChI=1S/C14H16N2O4.C2H6.H2/c17-11-2-1-9-7-20-8-16(6-10(9)5-11)12-3-4-13(18)15-14(12)19;1-2;/h1-2,5,12,17H,3-4,6-8H2,(H,15,18,19);1-2H3;1H. The van der Waals surface area contributed by atoms with E-state index in [1.807, 2.05) is 24.8 Å². The number of benzene rings is 1. The van der Waals surface area contributed by atoms with E-state index >= 15 is 0 Å². The van der Waals surface area contributed by atoms with Crippen molar-refractivity contribution in [2.24, 2.45) is 0 Å². The number of aromatic hydroxyl groups is 1. The van der Waals surface area contributed by atoms with Crippen LogP contribution in [0.5, 0.6) is 5.75 Å². The number of hydrogen-bond acceptors (Lipinski definition) is 5.